The number of benzene rings is 1. The van der Waals surface area contributed by atoms with Crippen molar-refractivity contribution in [1.82, 2.24) is 9.80 Å². The lowest BCUT2D eigenvalue weighted by Gasteiger charge is -2.34. The van der Waals surface area contributed by atoms with Gasteiger partial charge >= 0.3 is 0 Å². The van der Waals surface area contributed by atoms with E-state index in [1.807, 2.05) is 0 Å². The van der Waals surface area contributed by atoms with Crippen molar-refractivity contribution in [1.29, 1.82) is 0 Å². The third-order valence-corrected chi connectivity index (χ3v) is 4.22. The van der Waals surface area contributed by atoms with E-state index in [4.69, 9.17) is 4.74 Å². The van der Waals surface area contributed by atoms with Gasteiger partial charge in [0, 0.05) is 43.9 Å². The molecule has 1 fully saturated rings. The number of hydrogen-bond acceptors (Lipinski definition) is 4. The van der Waals surface area contributed by atoms with Gasteiger partial charge in [0.15, 0.2) is 12.4 Å². The molecular weight excluding hydrogens is 322 g/mol. The Labute approximate surface area is 145 Å². The highest BCUT2D eigenvalue weighted by atomic mass is 16.5. The predicted molar refractivity (Wildman–Crippen MR) is 90.2 cm³/mol. The molecule has 0 N–H and O–H groups in total. The first-order chi connectivity index (χ1) is 12.1. The van der Waals surface area contributed by atoms with Gasteiger partial charge in [0.1, 0.15) is 5.75 Å². The number of hydrogen-bond donors (Lipinski definition) is 0. The topological polar surface area (TPSA) is 76.8 Å². The first-order valence-electron chi connectivity index (χ1n) is 8.00. The minimum Gasteiger partial charge on any atom is -0.619 e. The fraction of sp³-hybridized carbons (Fsp3) is 0.278. The molecule has 0 aliphatic carbocycles. The average Bonchev–Trinajstić information content (AvgIpc) is 2.67. The van der Waals surface area contributed by atoms with E-state index in [0.717, 1.165) is 0 Å². The summed E-state index contributed by atoms with van der Waals surface area (Å²) in [5, 5.41) is 11.1. The Balaban J connectivity index is 1.62. The molecule has 1 aromatic carbocycles. The standard InChI is InChI=1S/C18H19N3O4/c1-25-16-4-2-3-15(13-16)18(23)20-11-9-19(10-12-20)17(22)14-5-7-21(24)8-6-14/h2-8,13H,9-12H2,1H3. The molecule has 130 valence electrons. The molecule has 0 spiro atoms. The average molecular weight is 341 g/mol. The van der Waals surface area contributed by atoms with E-state index in [1.165, 1.54) is 24.5 Å². The SMILES string of the molecule is COc1cccc(C(=O)N2CCN(C(=O)c3cc[n+]([O-])cc3)CC2)c1. The van der Waals surface area contributed by atoms with Gasteiger partial charge in [-0.25, -0.2) is 0 Å². The van der Waals surface area contributed by atoms with Crippen LogP contribution >= 0.6 is 0 Å². The van der Waals surface area contributed by atoms with Gasteiger partial charge in [-0.3, -0.25) is 9.59 Å². The smallest absolute Gasteiger partial charge is 0.254 e. The Kier molecular flexibility index (Phi) is 4.83. The van der Waals surface area contributed by atoms with Crippen molar-refractivity contribution in [3.8, 4) is 5.75 Å². The van der Waals surface area contributed by atoms with E-state index < -0.39 is 0 Å². The lowest BCUT2D eigenvalue weighted by Crippen LogP contribution is -2.50. The van der Waals surface area contributed by atoms with Gasteiger partial charge in [-0.2, -0.15) is 4.73 Å². The summed E-state index contributed by atoms with van der Waals surface area (Å²) in [5.41, 5.74) is 1.04. The highest BCUT2D eigenvalue weighted by molar-refractivity contribution is 5.96. The van der Waals surface area contributed by atoms with Crippen LogP contribution in [0.15, 0.2) is 48.8 Å². The minimum absolute atomic E-state index is 0.0712. The van der Waals surface area contributed by atoms with Crippen molar-refractivity contribution in [3.05, 3.63) is 65.1 Å². The van der Waals surface area contributed by atoms with Crippen molar-refractivity contribution in [2.24, 2.45) is 0 Å². The zero-order valence-electron chi connectivity index (χ0n) is 13.9. The van der Waals surface area contributed by atoms with Crippen LogP contribution < -0.4 is 9.47 Å². The highest BCUT2D eigenvalue weighted by Crippen LogP contribution is 2.16. The van der Waals surface area contributed by atoms with Crippen LogP contribution in [0.2, 0.25) is 0 Å². The number of methoxy groups -OCH3 is 1. The second-order valence-corrected chi connectivity index (χ2v) is 5.76. The van der Waals surface area contributed by atoms with Crippen molar-refractivity contribution >= 4 is 11.8 Å². The Hall–Kier alpha value is -3.09. The van der Waals surface area contributed by atoms with Gasteiger partial charge in [-0.15, -0.1) is 0 Å². The summed E-state index contributed by atoms with van der Waals surface area (Å²) >= 11 is 0. The molecule has 1 saturated heterocycles. The molecule has 2 heterocycles. The second-order valence-electron chi connectivity index (χ2n) is 5.76. The Bertz CT molecular complexity index is 768. The summed E-state index contributed by atoms with van der Waals surface area (Å²) in [7, 11) is 1.56. The van der Waals surface area contributed by atoms with Crippen molar-refractivity contribution in [2.45, 2.75) is 0 Å². The quantitative estimate of drug-likeness (QED) is 0.615. The molecule has 0 radical (unpaired) electrons. The van der Waals surface area contributed by atoms with Crippen LogP contribution in [0.1, 0.15) is 20.7 Å². The van der Waals surface area contributed by atoms with Crippen LogP contribution in [0.3, 0.4) is 0 Å². The first kappa shape index (κ1) is 16.8. The molecule has 1 aliphatic rings. The number of nitrogens with zero attached hydrogens (tertiary/aromatic N) is 3. The lowest BCUT2D eigenvalue weighted by atomic mass is 10.1. The molecule has 2 aromatic rings. The third kappa shape index (κ3) is 3.71. The molecule has 0 atom stereocenters. The predicted octanol–water partition coefficient (Wildman–Crippen LogP) is 0.927. The number of amides is 2. The summed E-state index contributed by atoms with van der Waals surface area (Å²) in [6.45, 7) is 1.86. The van der Waals surface area contributed by atoms with Gasteiger partial charge in [0.05, 0.1) is 12.7 Å². The van der Waals surface area contributed by atoms with E-state index in [9.17, 15) is 14.8 Å². The molecule has 3 rings (SSSR count). The van der Waals surface area contributed by atoms with Gasteiger partial charge < -0.3 is 19.7 Å². The number of carbonyl (C=O) groups is 2. The lowest BCUT2D eigenvalue weighted by molar-refractivity contribution is -0.605. The second kappa shape index (κ2) is 7.21. The molecule has 0 saturated carbocycles. The molecule has 2 amide bonds. The molecule has 1 aromatic heterocycles. The Morgan fingerprint density at radius 1 is 0.960 bits per heavy atom. The normalized spacial score (nSPS) is 14.3. The van der Waals surface area contributed by atoms with Crippen LogP contribution in [-0.2, 0) is 0 Å². The van der Waals surface area contributed by atoms with Gasteiger partial charge in [0.2, 0.25) is 0 Å². The monoisotopic (exact) mass is 341 g/mol. The van der Waals surface area contributed by atoms with Crippen LogP contribution in [0.25, 0.3) is 0 Å². The van der Waals surface area contributed by atoms with Gasteiger partial charge in [-0.05, 0) is 18.2 Å². The summed E-state index contributed by atoms with van der Waals surface area (Å²) in [6.07, 6.45) is 2.60. The third-order valence-electron chi connectivity index (χ3n) is 4.22. The minimum atomic E-state index is -0.130. The van der Waals surface area contributed by atoms with Crippen LogP contribution in [0, 0.1) is 5.21 Å². The zero-order valence-corrected chi connectivity index (χ0v) is 13.9. The first-order valence-corrected chi connectivity index (χ1v) is 8.00. The Morgan fingerprint density at radius 3 is 2.08 bits per heavy atom. The number of carbonyl (C=O) groups excluding carboxylic acids is 2. The Morgan fingerprint density at radius 2 is 1.52 bits per heavy atom. The number of pyridine rings is 1. The van der Waals surface area contributed by atoms with Crippen LogP contribution in [-0.4, -0.2) is 54.9 Å². The molecule has 25 heavy (non-hydrogen) atoms. The largest absolute Gasteiger partial charge is 0.619 e. The summed E-state index contributed by atoms with van der Waals surface area (Å²) < 4.78 is 5.79. The van der Waals surface area contributed by atoms with Crippen molar-refractivity contribution < 1.29 is 19.1 Å². The maximum absolute atomic E-state index is 12.6. The molecule has 0 unspecified atom stereocenters. The van der Waals surface area contributed by atoms with E-state index in [1.54, 1.807) is 41.2 Å². The molecular formula is C18H19N3O4. The van der Waals surface area contributed by atoms with E-state index >= 15 is 0 Å². The van der Waals surface area contributed by atoms with Gasteiger partial charge in [-0.1, -0.05) is 6.07 Å². The van der Waals surface area contributed by atoms with E-state index in [2.05, 4.69) is 0 Å². The highest BCUT2D eigenvalue weighted by Gasteiger charge is 2.25. The molecule has 7 heteroatoms. The molecule has 0 bridgehead atoms. The maximum atomic E-state index is 12.6. The summed E-state index contributed by atoms with van der Waals surface area (Å²) in [4.78, 5) is 28.4. The fourth-order valence-corrected chi connectivity index (χ4v) is 2.79. The molecule has 1 aliphatic heterocycles. The summed E-state index contributed by atoms with van der Waals surface area (Å²) in [6, 6.07) is 10.0. The van der Waals surface area contributed by atoms with E-state index in [-0.39, 0.29) is 11.8 Å². The van der Waals surface area contributed by atoms with Gasteiger partial charge in [0.25, 0.3) is 11.8 Å². The fourth-order valence-electron chi connectivity index (χ4n) is 2.79. The molecule has 7 nitrogen and oxygen atoms in total. The van der Waals surface area contributed by atoms with Crippen molar-refractivity contribution in [2.75, 3.05) is 33.3 Å². The summed E-state index contributed by atoms with van der Waals surface area (Å²) in [5.74, 6) is 0.437. The van der Waals surface area contributed by atoms with Crippen LogP contribution in [0.4, 0.5) is 0 Å². The van der Waals surface area contributed by atoms with Crippen LogP contribution in [0.5, 0.6) is 5.75 Å². The number of piperazine rings is 1. The van der Waals surface area contributed by atoms with Crippen molar-refractivity contribution in [3.63, 3.8) is 0 Å². The van der Waals surface area contributed by atoms with E-state index in [0.29, 0.717) is 47.8 Å². The number of ether oxygens (including phenoxy) is 1. The number of aromatic nitrogens is 1. The zero-order chi connectivity index (χ0) is 17.8. The number of rotatable bonds is 3. The maximum Gasteiger partial charge on any atom is 0.254 e.